The van der Waals surface area contributed by atoms with Gasteiger partial charge in [-0.2, -0.15) is 4.31 Å². The van der Waals surface area contributed by atoms with Gasteiger partial charge in [-0.1, -0.05) is 30.3 Å². The Morgan fingerprint density at radius 2 is 1.93 bits per heavy atom. The lowest BCUT2D eigenvalue weighted by molar-refractivity contribution is -0.126. The van der Waals surface area contributed by atoms with E-state index >= 15 is 0 Å². The summed E-state index contributed by atoms with van der Waals surface area (Å²) in [5.41, 5.74) is 2.17. The summed E-state index contributed by atoms with van der Waals surface area (Å²) in [5, 5.41) is 2.88. The summed E-state index contributed by atoms with van der Waals surface area (Å²) in [6.45, 7) is 5.39. The summed E-state index contributed by atoms with van der Waals surface area (Å²) in [7, 11) is -3.57. The minimum absolute atomic E-state index is 0.123. The maximum atomic E-state index is 12.8. The van der Waals surface area contributed by atoms with Crippen LogP contribution in [0.2, 0.25) is 0 Å². The highest BCUT2D eigenvalue weighted by molar-refractivity contribution is 7.89. The summed E-state index contributed by atoms with van der Waals surface area (Å²) < 4.78 is 32.8. The van der Waals surface area contributed by atoms with Crippen molar-refractivity contribution in [2.45, 2.75) is 31.6 Å². The molecule has 6 nitrogen and oxygen atoms in total. The molecule has 1 N–H and O–H groups in total. The van der Waals surface area contributed by atoms with Crippen LogP contribution < -0.4 is 10.1 Å². The molecule has 156 valence electrons. The van der Waals surface area contributed by atoms with Crippen LogP contribution in [0, 0.1) is 19.8 Å². The van der Waals surface area contributed by atoms with E-state index in [1.807, 2.05) is 32.0 Å². The molecular weight excluding hydrogens is 388 g/mol. The zero-order valence-corrected chi connectivity index (χ0v) is 17.7. The standard InChI is InChI=1S/C22H28N2O4S/c1-17-10-11-18(2)21(15-17)28-14-12-23-22(25)19-7-6-13-24(16-19)29(26,27)20-8-4-3-5-9-20/h3-5,8-11,15,19H,6-7,12-14,16H2,1-2H3,(H,23,25). The highest BCUT2D eigenvalue weighted by atomic mass is 32.2. The van der Waals surface area contributed by atoms with Gasteiger partial charge in [-0.05, 0) is 56.0 Å². The van der Waals surface area contributed by atoms with Crippen LogP contribution in [0.15, 0.2) is 53.4 Å². The number of piperidine rings is 1. The number of nitrogens with zero attached hydrogens (tertiary/aromatic N) is 1. The molecule has 1 aliphatic heterocycles. The van der Waals surface area contributed by atoms with E-state index in [4.69, 9.17) is 4.74 Å². The van der Waals surface area contributed by atoms with Gasteiger partial charge in [0.2, 0.25) is 15.9 Å². The van der Waals surface area contributed by atoms with Crippen molar-refractivity contribution in [2.75, 3.05) is 26.2 Å². The van der Waals surface area contributed by atoms with Crippen LogP contribution in [0.3, 0.4) is 0 Å². The van der Waals surface area contributed by atoms with Gasteiger partial charge in [0.1, 0.15) is 12.4 Å². The van der Waals surface area contributed by atoms with Gasteiger partial charge in [-0.15, -0.1) is 0 Å². The van der Waals surface area contributed by atoms with Crippen LogP contribution in [-0.2, 0) is 14.8 Å². The molecule has 2 aromatic carbocycles. The van der Waals surface area contributed by atoms with E-state index in [0.29, 0.717) is 32.5 Å². The van der Waals surface area contributed by atoms with Crippen LogP contribution in [0.5, 0.6) is 5.75 Å². The van der Waals surface area contributed by atoms with Gasteiger partial charge in [-0.25, -0.2) is 8.42 Å². The molecule has 1 aliphatic rings. The molecule has 1 atom stereocenters. The number of rotatable bonds is 7. The Kier molecular flexibility index (Phi) is 6.92. The highest BCUT2D eigenvalue weighted by Crippen LogP contribution is 2.24. The lowest BCUT2D eigenvalue weighted by Crippen LogP contribution is -2.45. The van der Waals surface area contributed by atoms with E-state index in [1.165, 1.54) is 4.31 Å². The zero-order valence-electron chi connectivity index (χ0n) is 16.9. The number of aryl methyl sites for hydroxylation is 2. The Balaban J connectivity index is 1.51. The summed E-state index contributed by atoms with van der Waals surface area (Å²) in [4.78, 5) is 12.8. The fraction of sp³-hybridized carbons (Fsp3) is 0.409. The minimum atomic E-state index is -3.57. The summed E-state index contributed by atoms with van der Waals surface area (Å²) in [6.07, 6.45) is 1.35. The second-order valence-electron chi connectivity index (χ2n) is 7.42. The summed E-state index contributed by atoms with van der Waals surface area (Å²) >= 11 is 0. The van der Waals surface area contributed by atoms with Gasteiger partial charge < -0.3 is 10.1 Å². The molecule has 0 aliphatic carbocycles. The van der Waals surface area contributed by atoms with Crippen LogP contribution in [-0.4, -0.2) is 44.9 Å². The quantitative estimate of drug-likeness (QED) is 0.704. The number of sulfonamides is 1. The Hall–Kier alpha value is -2.38. The Labute approximate surface area is 172 Å². The number of carbonyl (C=O) groups excluding carboxylic acids is 1. The van der Waals surface area contributed by atoms with Crippen molar-refractivity contribution in [1.82, 2.24) is 9.62 Å². The molecule has 1 unspecified atom stereocenters. The maximum absolute atomic E-state index is 12.8. The number of amides is 1. The third-order valence-electron chi connectivity index (χ3n) is 5.14. The molecule has 0 saturated carbocycles. The van der Waals surface area contributed by atoms with Crippen molar-refractivity contribution < 1.29 is 17.9 Å². The normalized spacial score (nSPS) is 17.7. The molecule has 1 amide bonds. The van der Waals surface area contributed by atoms with Crippen LogP contribution in [0.4, 0.5) is 0 Å². The highest BCUT2D eigenvalue weighted by Gasteiger charge is 2.33. The van der Waals surface area contributed by atoms with Crippen LogP contribution in [0.25, 0.3) is 0 Å². The first-order chi connectivity index (χ1) is 13.9. The molecule has 0 aromatic heterocycles. The molecule has 0 radical (unpaired) electrons. The second kappa shape index (κ2) is 9.41. The number of carbonyl (C=O) groups is 1. The van der Waals surface area contributed by atoms with Gasteiger partial charge in [0.05, 0.1) is 17.4 Å². The number of ether oxygens (including phenoxy) is 1. The predicted molar refractivity (Wildman–Crippen MR) is 112 cm³/mol. The molecule has 0 spiro atoms. The lowest BCUT2D eigenvalue weighted by Gasteiger charge is -2.31. The topological polar surface area (TPSA) is 75.7 Å². The molecular formula is C22H28N2O4S. The van der Waals surface area contributed by atoms with Crippen LogP contribution >= 0.6 is 0 Å². The minimum Gasteiger partial charge on any atom is -0.491 e. The number of hydrogen-bond donors (Lipinski definition) is 1. The summed E-state index contributed by atoms with van der Waals surface area (Å²) in [5.74, 6) is 0.350. The van der Waals surface area contributed by atoms with E-state index in [0.717, 1.165) is 16.9 Å². The molecule has 7 heteroatoms. The molecule has 0 bridgehead atoms. The third kappa shape index (κ3) is 5.36. The van der Waals surface area contributed by atoms with Gasteiger partial charge in [0, 0.05) is 13.1 Å². The second-order valence-corrected chi connectivity index (χ2v) is 9.36. The van der Waals surface area contributed by atoms with E-state index in [1.54, 1.807) is 30.3 Å². The molecule has 2 aromatic rings. The van der Waals surface area contributed by atoms with E-state index in [2.05, 4.69) is 5.32 Å². The first-order valence-corrected chi connectivity index (χ1v) is 11.3. The van der Waals surface area contributed by atoms with Gasteiger partial charge in [0.15, 0.2) is 0 Å². The molecule has 1 fully saturated rings. The van der Waals surface area contributed by atoms with Crippen LogP contribution in [0.1, 0.15) is 24.0 Å². The predicted octanol–water partition coefficient (Wildman–Crippen LogP) is 2.90. The molecule has 3 rings (SSSR count). The Bertz CT molecular complexity index is 945. The van der Waals surface area contributed by atoms with E-state index < -0.39 is 10.0 Å². The van der Waals surface area contributed by atoms with E-state index in [9.17, 15) is 13.2 Å². The Morgan fingerprint density at radius 1 is 1.17 bits per heavy atom. The first kappa shape index (κ1) is 21.3. The van der Waals surface area contributed by atoms with Crippen molar-refractivity contribution in [2.24, 2.45) is 5.92 Å². The van der Waals surface area contributed by atoms with Crippen molar-refractivity contribution in [3.63, 3.8) is 0 Å². The van der Waals surface area contributed by atoms with Gasteiger partial charge >= 0.3 is 0 Å². The Morgan fingerprint density at radius 3 is 2.69 bits per heavy atom. The fourth-order valence-electron chi connectivity index (χ4n) is 3.46. The van der Waals surface area contributed by atoms with Crippen molar-refractivity contribution in [1.29, 1.82) is 0 Å². The SMILES string of the molecule is Cc1ccc(C)c(OCCNC(=O)C2CCCN(S(=O)(=O)c3ccccc3)C2)c1. The maximum Gasteiger partial charge on any atom is 0.243 e. The van der Waals surface area contributed by atoms with Crippen molar-refractivity contribution >= 4 is 15.9 Å². The molecule has 1 heterocycles. The molecule has 1 saturated heterocycles. The monoisotopic (exact) mass is 416 g/mol. The van der Waals surface area contributed by atoms with Crippen molar-refractivity contribution in [3.8, 4) is 5.75 Å². The smallest absolute Gasteiger partial charge is 0.243 e. The van der Waals surface area contributed by atoms with Gasteiger partial charge in [0.25, 0.3) is 0 Å². The van der Waals surface area contributed by atoms with E-state index in [-0.39, 0.29) is 23.3 Å². The van der Waals surface area contributed by atoms with Crippen molar-refractivity contribution in [3.05, 3.63) is 59.7 Å². The third-order valence-corrected chi connectivity index (χ3v) is 7.02. The summed E-state index contributed by atoms with van der Waals surface area (Å²) in [6, 6.07) is 14.4. The average molecular weight is 417 g/mol. The zero-order chi connectivity index (χ0) is 20.9. The number of nitrogens with one attached hydrogen (secondary N) is 1. The van der Waals surface area contributed by atoms with Gasteiger partial charge in [-0.3, -0.25) is 4.79 Å². The molecule has 29 heavy (non-hydrogen) atoms. The number of benzene rings is 2. The largest absolute Gasteiger partial charge is 0.491 e. The lowest BCUT2D eigenvalue weighted by atomic mass is 9.99. The number of hydrogen-bond acceptors (Lipinski definition) is 4. The fourth-order valence-corrected chi connectivity index (χ4v) is 5.00. The average Bonchev–Trinajstić information content (AvgIpc) is 2.74. The first-order valence-electron chi connectivity index (χ1n) is 9.91.